The number of methoxy groups -OCH3 is 1. The topological polar surface area (TPSA) is 60.5 Å². The van der Waals surface area contributed by atoms with Crippen molar-refractivity contribution in [3.05, 3.63) is 22.4 Å². The average molecular weight is 303 g/mol. The van der Waals surface area contributed by atoms with Crippen LogP contribution in [0, 0.1) is 6.92 Å². The van der Waals surface area contributed by atoms with Gasteiger partial charge in [-0.3, -0.25) is 4.79 Å². The molecule has 94 valence electrons. The van der Waals surface area contributed by atoms with E-state index in [9.17, 15) is 4.79 Å². The van der Waals surface area contributed by atoms with E-state index in [2.05, 4.69) is 26.2 Å². The second kappa shape index (κ2) is 7.37. The first-order chi connectivity index (χ1) is 8.13. The molecule has 1 amide bonds. The molecule has 0 atom stereocenters. The minimum atomic E-state index is -0.204. The first kappa shape index (κ1) is 14.1. The van der Waals surface area contributed by atoms with Crippen LogP contribution in [-0.2, 0) is 14.3 Å². The van der Waals surface area contributed by atoms with Crippen molar-refractivity contribution < 1.29 is 14.3 Å². The number of aryl methyl sites for hydroxylation is 1. The summed E-state index contributed by atoms with van der Waals surface area (Å²) in [6.45, 7) is 2.80. The molecule has 1 aromatic heterocycles. The molecule has 6 heteroatoms. The van der Waals surface area contributed by atoms with Crippen LogP contribution in [0.25, 0.3) is 0 Å². The molecule has 0 radical (unpaired) electrons. The Bertz CT molecular complexity index is 385. The summed E-state index contributed by atoms with van der Waals surface area (Å²) < 4.78 is 10.7. The summed E-state index contributed by atoms with van der Waals surface area (Å²) in [7, 11) is 1.58. The summed E-state index contributed by atoms with van der Waals surface area (Å²) >= 11 is 3.29. The molecule has 0 aliphatic rings. The molecule has 1 rings (SSSR count). The average Bonchev–Trinajstić information content (AvgIpc) is 2.30. The fourth-order valence-electron chi connectivity index (χ4n) is 1.13. The number of carbonyl (C=O) groups excluding carboxylic acids is 1. The molecule has 0 bridgehead atoms. The Morgan fingerprint density at radius 2 is 2.29 bits per heavy atom. The first-order valence-corrected chi connectivity index (χ1v) is 5.91. The van der Waals surface area contributed by atoms with Gasteiger partial charge in [0.2, 0.25) is 5.91 Å². The fraction of sp³-hybridized carbons (Fsp3) is 0.455. The van der Waals surface area contributed by atoms with Gasteiger partial charge in [0.15, 0.2) is 0 Å². The van der Waals surface area contributed by atoms with Crippen LogP contribution in [0.5, 0.6) is 0 Å². The monoisotopic (exact) mass is 302 g/mol. The summed E-state index contributed by atoms with van der Waals surface area (Å²) in [4.78, 5) is 15.5. The fourth-order valence-corrected chi connectivity index (χ4v) is 1.35. The smallest absolute Gasteiger partial charge is 0.250 e. The van der Waals surface area contributed by atoms with E-state index >= 15 is 0 Å². The highest BCUT2D eigenvalue weighted by Crippen LogP contribution is 2.16. The second-order valence-electron chi connectivity index (χ2n) is 3.43. The van der Waals surface area contributed by atoms with Crippen LogP contribution >= 0.6 is 15.9 Å². The lowest BCUT2D eigenvalue weighted by Crippen LogP contribution is -2.19. The zero-order chi connectivity index (χ0) is 12.7. The zero-order valence-corrected chi connectivity index (χ0v) is 11.4. The lowest BCUT2D eigenvalue weighted by molar-refractivity contribution is -0.121. The number of hydrogen-bond acceptors (Lipinski definition) is 4. The van der Waals surface area contributed by atoms with Crippen LogP contribution in [0.3, 0.4) is 0 Å². The molecule has 17 heavy (non-hydrogen) atoms. The van der Waals surface area contributed by atoms with Gasteiger partial charge < -0.3 is 14.8 Å². The SMILES string of the molecule is COCCOCC(=O)Nc1cnc(Br)c(C)c1. The molecular formula is C11H15BrN2O3. The van der Waals surface area contributed by atoms with Crippen LogP contribution in [0.4, 0.5) is 5.69 Å². The third-order valence-electron chi connectivity index (χ3n) is 1.96. The Kier molecular flexibility index (Phi) is 6.10. The van der Waals surface area contributed by atoms with E-state index < -0.39 is 0 Å². The quantitative estimate of drug-likeness (QED) is 0.642. The van der Waals surface area contributed by atoms with Crippen LogP contribution in [0.15, 0.2) is 16.9 Å². The number of hydrogen-bond donors (Lipinski definition) is 1. The van der Waals surface area contributed by atoms with Crippen LogP contribution in [0.1, 0.15) is 5.56 Å². The van der Waals surface area contributed by atoms with Crippen molar-refractivity contribution in [2.45, 2.75) is 6.92 Å². The van der Waals surface area contributed by atoms with E-state index in [4.69, 9.17) is 9.47 Å². The Labute approximate surface area is 109 Å². The normalized spacial score (nSPS) is 10.3. The van der Waals surface area contributed by atoms with Gasteiger partial charge in [-0.2, -0.15) is 0 Å². The minimum Gasteiger partial charge on any atom is -0.382 e. The number of amides is 1. The van der Waals surface area contributed by atoms with Gasteiger partial charge in [-0.05, 0) is 34.5 Å². The molecule has 0 aliphatic heterocycles. The molecule has 0 aromatic carbocycles. The van der Waals surface area contributed by atoms with Crippen molar-refractivity contribution in [1.82, 2.24) is 4.98 Å². The van der Waals surface area contributed by atoms with Crippen molar-refractivity contribution in [2.75, 3.05) is 32.2 Å². The molecule has 5 nitrogen and oxygen atoms in total. The van der Waals surface area contributed by atoms with Crippen molar-refractivity contribution in [1.29, 1.82) is 0 Å². The van der Waals surface area contributed by atoms with Crippen LogP contribution in [-0.4, -0.2) is 37.8 Å². The van der Waals surface area contributed by atoms with Gasteiger partial charge in [0.05, 0.1) is 25.1 Å². The Hall–Kier alpha value is -0.980. The minimum absolute atomic E-state index is 0.0124. The Morgan fingerprint density at radius 1 is 1.53 bits per heavy atom. The van der Waals surface area contributed by atoms with E-state index in [1.165, 1.54) is 0 Å². The molecule has 0 saturated heterocycles. The van der Waals surface area contributed by atoms with E-state index in [0.29, 0.717) is 18.9 Å². The number of pyridine rings is 1. The van der Waals surface area contributed by atoms with Crippen LogP contribution in [0.2, 0.25) is 0 Å². The Morgan fingerprint density at radius 3 is 2.94 bits per heavy atom. The maximum absolute atomic E-state index is 11.5. The molecule has 0 unspecified atom stereocenters. The maximum Gasteiger partial charge on any atom is 0.250 e. The predicted molar refractivity (Wildman–Crippen MR) is 68.0 cm³/mol. The van der Waals surface area contributed by atoms with E-state index in [0.717, 1.165) is 10.2 Å². The number of aromatic nitrogens is 1. The van der Waals surface area contributed by atoms with Crippen molar-refractivity contribution in [2.24, 2.45) is 0 Å². The van der Waals surface area contributed by atoms with E-state index in [-0.39, 0.29) is 12.5 Å². The van der Waals surface area contributed by atoms with Gasteiger partial charge in [0.1, 0.15) is 11.2 Å². The van der Waals surface area contributed by atoms with Gasteiger partial charge in [-0.15, -0.1) is 0 Å². The van der Waals surface area contributed by atoms with Crippen molar-refractivity contribution in [3.63, 3.8) is 0 Å². The van der Waals surface area contributed by atoms with Gasteiger partial charge in [-0.1, -0.05) is 0 Å². The van der Waals surface area contributed by atoms with Crippen molar-refractivity contribution >= 4 is 27.5 Å². The molecule has 1 heterocycles. The molecular weight excluding hydrogens is 288 g/mol. The van der Waals surface area contributed by atoms with Gasteiger partial charge in [0, 0.05) is 7.11 Å². The molecule has 0 aliphatic carbocycles. The number of anilines is 1. The number of nitrogens with zero attached hydrogens (tertiary/aromatic N) is 1. The second-order valence-corrected chi connectivity index (χ2v) is 4.18. The first-order valence-electron chi connectivity index (χ1n) is 5.12. The standard InChI is InChI=1S/C11H15BrN2O3/c1-8-5-9(6-13-11(8)12)14-10(15)7-17-4-3-16-2/h5-6H,3-4,7H2,1-2H3,(H,14,15). The summed E-state index contributed by atoms with van der Waals surface area (Å²) in [6.07, 6.45) is 1.59. The van der Waals surface area contributed by atoms with E-state index in [1.54, 1.807) is 13.3 Å². The predicted octanol–water partition coefficient (Wildman–Crippen LogP) is 1.75. The maximum atomic E-state index is 11.5. The van der Waals surface area contributed by atoms with Crippen molar-refractivity contribution in [3.8, 4) is 0 Å². The third kappa shape index (κ3) is 5.25. The lowest BCUT2D eigenvalue weighted by Gasteiger charge is -2.07. The summed E-state index contributed by atoms with van der Waals surface area (Å²) in [5, 5.41) is 2.70. The molecule has 0 spiro atoms. The summed E-state index contributed by atoms with van der Waals surface area (Å²) in [5.74, 6) is -0.204. The number of carbonyl (C=O) groups is 1. The highest BCUT2D eigenvalue weighted by molar-refractivity contribution is 9.10. The van der Waals surface area contributed by atoms with Gasteiger partial charge >= 0.3 is 0 Å². The molecule has 0 fully saturated rings. The lowest BCUT2D eigenvalue weighted by atomic mass is 10.3. The largest absolute Gasteiger partial charge is 0.382 e. The highest BCUT2D eigenvalue weighted by atomic mass is 79.9. The number of ether oxygens (including phenoxy) is 2. The molecule has 0 saturated carbocycles. The third-order valence-corrected chi connectivity index (χ3v) is 2.79. The Balaban J connectivity index is 2.37. The highest BCUT2D eigenvalue weighted by Gasteiger charge is 2.04. The van der Waals surface area contributed by atoms with Crippen LogP contribution < -0.4 is 5.32 Å². The molecule has 1 N–H and O–H groups in total. The van der Waals surface area contributed by atoms with Gasteiger partial charge in [0.25, 0.3) is 0 Å². The van der Waals surface area contributed by atoms with Gasteiger partial charge in [-0.25, -0.2) is 4.98 Å². The summed E-state index contributed by atoms with van der Waals surface area (Å²) in [6, 6.07) is 1.84. The van der Waals surface area contributed by atoms with E-state index in [1.807, 2.05) is 13.0 Å². The number of halogens is 1. The summed E-state index contributed by atoms with van der Waals surface area (Å²) in [5.41, 5.74) is 1.62. The zero-order valence-electron chi connectivity index (χ0n) is 9.83. The molecule has 1 aromatic rings. The number of nitrogens with one attached hydrogen (secondary N) is 1. The number of rotatable bonds is 6.